The van der Waals surface area contributed by atoms with E-state index in [0.717, 1.165) is 31.1 Å². The number of fused-ring (bicyclic) bond motifs is 1. The lowest BCUT2D eigenvalue weighted by Crippen LogP contribution is -2.26. The van der Waals surface area contributed by atoms with Gasteiger partial charge in [0.2, 0.25) is 6.54 Å². The molecule has 0 amide bonds. The van der Waals surface area contributed by atoms with Crippen LogP contribution in [-0.4, -0.2) is 11.5 Å². The van der Waals surface area contributed by atoms with E-state index in [4.69, 9.17) is 0 Å². The Morgan fingerprint density at radius 2 is 1.80 bits per heavy atom. The molecule has 2 aliphatic rings. The summed E-state index contributed by atoms with van der Waals surface area (Å²) in [6.45, 7) is 2.33. The molecular weight excluding hydrogens is 190 g/mol. The van der Waals surface area contributed by atoms with Crippen molar-refractivity contribution < 1.29 is 4.92 Å². The fourth-order valence-corrected chi connectivity index (χ4v) is 3.82. The zero-order valence-corrected chi connectivity index (χ0v) is 9.58. The van der Waals surface area contributed by atoms with E-state index in [9.17, 15) is 10.1 Å². The van der Waals surface area contributed by atoms with Gasteiger partial charge >= 0.3 is 0 Å². The maximum absolute atomic E-state index is 10.7. The van der Waals surface area contributed by atoms with E-state index in [2.05, 4.69) is 6.92 Å². The van der Waals surface area contributed by atoms with Crippen LogP contribution in [0, 0.1) is 27.4 Å². The molecule has 2 saturated carbocycles. The van der Waals surface area contributed by atoms with Gasteiger partial charge in [-0.1, -0.05) is 32.6 Å². The molecule has 0 aromatic carbocycles. The van der Waals surface area contributed by atoms with Crippen LogP contribution in [0.15, 0.2) is 0 Å². The molecule has 2 fully saturated rings. The molecular formula is C12H21NO2. The summed E-state index contributed by atoms with van der Waals surface area (Å²) in [5, 5.41) is 10.7. The summed E-state index contributed by atoms with van der Waals surface area (Å²) in [4.78, 5) is 10.6. The third-order valence-corrected chi connectivity index (χ3v) is 4.67. The number of nitrogens with zero attached hydrogens (tertiary/aromatic N) is 1. The summed E-state index contributed by atoms with van der Waals surface area (Å²) in [7, 11) is 0. The van der Waals surface area contributed by atoms with Crippen molar-refractivity contribution >= 4 is 0 Å². The summed E-state index contributed by atoms with van der Waals surface area (Å²) < 4.78 is 0. The summed E-state index contributed by atoms with van der Waals surface area (Å²) >= 11 is 0. The van der Waals surface area contributed by atoms with Crippen molar-refractivity contribution in [2.24, 2.45) is 17.3 Å². The van der Waals surface area contributed by atoms with E-state index in [1.54, 1.807) is 0 Å². The van der Waals surface area contributed by atoms with Crippen molar-refractivity contribution in [2.75, 3.05) is 6.54 Å². The highest BCUT2D eigenvalue weighted by molar-refractivity contribution is 4.94. The van der Waals surface area contributed by atoms with Crippen LogP contribution in [0.2, 0.25) is 0 Å². The molecule has 0 bridgehead atoms. The number of nitro groups is 1. The lowest BCUT2D eigenvalue weighted by molar-refractivity contribution is -0.497. The molecule has 15 heavy (non-hydrogen) atoms. The molecule has 1 unspecified atom stereocenters. The fraction of sp³-hybridized carbons (Fsp3) is 1.00. The highest BCUT2D eigenvalue weighted by atomic mass is 16.6. The second-order valence-corrected chi connectivity index (χ2v) is 5.56. The van der Waals surface area contributed by atoms with Crippen molar-refractivity contribution in [3.8, 4) is 0 Å². The van der Waals surface area contributed by atoms with Crippen molar-refractivity contribution in [1.82, 2.24) is 0 Å². The van der Waals surface area contributed by atoms with Crippen LogP contribution in [0.1, 0.15) is 51.9 Å². The van der Waals surface area contributed by atoms with E-state index in [-0.39, 0.29) is 16.9 Å². The molecule has 3 atom stereocenters. The molecule has 0 saturated heterocycles. The van der Waals surface area contributed by atoms with E-state index < -0.39 is 0 Å². The highest BCUT2D eigenvalue weighted by Gasteiger charge is 2.47. The quantitative estimate of drug-likeness (QED) is 0.531. The predicted octanol–water partition coefficient (Wildman–Crippen LogP) is 3.26. The van der Waals surface area contributed by atoms with Gasteiger partial charge in [-0.2, -0.15) is 0 Å². The minimum Gasteiger partial charge on any atom is -0.265 e. The minimum absolute atomic E-state index is 0.0448. The molecule has 3 nitrogen and oxygen atoms in total. The lowest BCUT2D eigenvalue weighted by atomic mass is 9.82. The Hall–Kier alpha value is -0.600. The second-order valence-electron chi connectivity index (χ2n) is 5.56. The second kappa shape index (κ2) is 4.11. The van der Waals surface area contributed by atoms with Crippen LogP contribution >= 0.6 is 0 Å². The molecule has 3 heteroatoms. The van der Waals surface area contributed by atoms with Gasteiger partial charge in [-0.05, 0) is 31.1 Å². The van der Waals surface area contributed by atoms with Gasteiger partial charge in [0.1, 0.15) is 0 Å². The molecule has 0 aromatic heterocycles. The standard InChI is InChI=1S/C12H21NO2/c1-2-12(9-13(14)15)7-10-5-3-4-6-11(10)8-12/h10-11H,2-9H2,1H3/t10-,11+,12?. The molecule has 2 rings (SSSR count). The van der Waals surface area contributed by atoms with Crippen molar-refractivity contribution in [2.45, 2.75) is 51.9 Å². The molecule has 0 aromatic rings. The molecule has 0 heterocycles. The lowest BCUT2D eigenvalue weighted by Gasteiger charge is -2.24. The first-order valence-electron chi connectivity index (χ1n) is 6.27. The van der Waals surface area contributed by atoms with E-state index in [1.165, 1.54) is 25.7 Å². The first kappa shape index (κ1) is 10.9. The van der Waals surface area contributed by atoms with Gasteiger partial charge in [-0.15, -0.1) is 0 Å². The zero-order chi connectivity index (χ0) is 10.9. The van der Waals surface area contributed by atoms with Crippen LogP contribution < -0.4 is 0 Å². The third-order valence-electron chi connectivity index (χ3n) is 4.67. The topological polar surface area (TPSA) is 43.1 Å². The predicted molar refractivity (Wildman–Crippen MR) is 59.3 cm³/mol. The summed E-state index contributed by atoms with van der Waals surface area (Å²) in [6, 6.07) is 0. The van der Waals surface area contributed by atoms with E-state index >= 15 is 0 Å². The van der Waals surface area contributed by atoms with Gasteiger partial charge in [0.05, 0.1) is 0 Å². The van der Waals surface area contributed by atoms with Gasteiger partial charge in [0.25, 0.3) is 0 Å². The Morgan fingerprint density at radius 1 is 1.27 bits per heavy atom. The zero-order valence-electron chi connectivity index (χ0n) is 9.58. The monoisotopic (exact) mass is 211 g/mol. The smallest absolute Gasteiger partial charge is 0.209 e. The van der Waals surface area contributed by atoms with Crippen LogP contribution in [0.4, 0.5) is 0 Å². The first-order valence-corrected chi connectivity index (χ1v) is 6.27. The van der Waals surface area contributed by atoms with Crippen molar-refractivity contribution in [3.05, 3.63) is 10.1 Å². The SMILES string of the molecule is CCC1(C[N+](=O)[O-])C[C@H]2CCCC[C@H]2C1. The summed E-state index contributed by atoms with van der Waals surface area (Å²) in [5.41, 5.74) is 0.0448. The number of hydrogen-bond donors (Lipinski definition) is 0. The highest BCUT2D eigenvalue weighted by Crippen LogP contribution is 2.53. The first-order chi connectivity index (χ1) is 7.15. The maximum atomic E-state index is 10.7. The molecule has 0 N–H and O–H groups in total. The average Bonchev–Trinajstić information content (AvgIpc) is 2.55. The van der Waals surface area contributed by atoms with Crippen molar-refractivity contribution in [3.63, 3.8) is 0 Å². The molecule has 86 valence electrons. The number of rotatable bonds is 3. The Labute approximate surface area is 91.4 Å². The third kappa shape index (κ3) is 2.16. The molecule has 0 spiro atoms. The van der Waals surface area contributed by atoms with Gasteiger partial charge in [0, 0.05) is 10.3 Å². The van der Waals surface area contributed by atoms with E-state index in [0.29, 0.717) is 0 Å². The fourth-order valence-electron chi connectivity index (χ4n) is 3.82. The minimum atomic E-state index is -0.0964. The largest absolute Gasteiger partial charge is 0.265 e. The maximum Gasteiger partial charge on any atom is 0.209 e. The molecule has 0 radical (unpaired) electrons. The summed E-state index contributed by atoms with van der Waals surface area (Å²) in [5.74, 6) is 1.61. The van der Waals surface area contributed by atoms with Crippen LogP contribution in [0.3, 0.4) is 0 Å². The summed E-state index contributed by atoms with van der Waals surface area (Å²) in [6.07, 6.45) is 8.57. The Morgan fingerprint density at radius 3 is 2.20 bits per heavy atom. The molecule has 2 aliphatic carbocycles. The van der Waals surface area contributed by atoms with Gasteiger partial charge in [0.15, 0.2) is 0 Å². The van der Waals surface area contributed by atoms with Crippen LogP contribution in [0.5, 0.6) is 0 Å². The Kier molecular flexibility index (Phi) is 2.98. The average molecular weight is 211 g/mol. The van der Waals surface area contributed by atoms with Crippen LogP contribution in [0.25, 0.3) is 0 Å². The van der Waals surface area contributed by atoms with Gasteiger partial charge in [-0.3, -0.25) is 10.1 Å². The van der Waals surface area contributed by atoms with Crippen LogP contribution in [-0.2, 0) is 0 Å². The van der Waals surface area contributed by atoms with Gasteiger partial charge in [-0.25, -0.2) is 0 Å². The van der Waals surface area contributed by atoms with Crippen molar-refractivity contribution in [1.29, 1.82) is 0 Å². The normalized spacial score (nSPS) is 40.1. The van der Waals surface area contributed by atoms with Gasteiger partial charge < -0.3 is 0 Å². The molecule has 0 aliphatic heterocycles. The Balaban J connectivity index is 2.05. The van der Waals surface area contributed by atoms with E-state index in [1.807, 2.05) is 0 Å². The Bertz CT molecular complexity index is 238. The number of hydrogen-bond acceptors (Lipinski definition) is 2.